The first-order valence-corrected chi connectivity index (χ1v) is 11.9. The zero-order valence-corrected chi connectivity index (χ0v) is 20.3. The second kappa shape index (κ2) is 11.7. The van der Waals surface area contributed by atoms with Crippen LogP contribution >= 0.6 is 11.6 Å². The van der Waals surface area contributed by atoms with Gasteiger partial charge in [0.1, 0.15) is 0 Å². The predicted octanol–water partition coefficient (Wildman–Crippen LogP) is 4.73. The normalized spacial score (nSPS) is 11.7. The van der Waals surface area contributed by atoms with Gasteiger partial charge in [0, 0.05) is 42.5 Å². The Hall–Kier alpha value is -3.94. The molecule has 0 bridgehead atoms. The number of rotatable bonds is 10. The van der Waals surface area contributed by atoms with Crippen LogP contribution in [0.2, 0.25) is 5.02 Å². The largest absolute Gasteiger partial charge is 0.479 e. The number of halogens is 1. The Bertz CT molecular complexity index is 1310. The Kier molecular flexibility index (Phi) is 8.15. The Morgan fingerprint density at radius 1 is 0.972 bits per heavy atom. The van der Waals surface area contributed by atoms with Gasteiger partial charge in [0.2, 0.25) is 0 Å². The standard InChI is InChI=1S/C28H26ClN3O4/c29-25-17-23(11-12-24(25)19-32-15-4-14-30-32)27(34)31(16-13-26(33)28(35)36)18-20-7-9-22(10-8-20)21-5-2-1-3-6-21/h1-12,14-15,17,26,33H,13,16,18-19H2,(H,35,36)/t26-/m1/s1. The van der Waals surface area contributed by atoms with Crippen molar-refractivity contribution in [3.05, 3.63) is 113 Å². The maximum atomic E-state index is 13.4. The lowest BCUT2D eigenvalue weighted by Crippen LogP contribution is -2.34. The minimum atomic E-state index is -1.55. The molecule has 0 saturated heterocycles. The van der Waals surface area contributed by atoms with E-state index in [1.165, 1.54) is 4.90 Å². The molecule has 0 unspecified atom stereocenters. The van der Waals surface area contributed by atoms with Crippen molar-refractivity contribution < 1.29 is 19.8 Å². The predicted molar refractivity (Wildman–Crippen MR) is 138 cm³/mol. The van der Waals surface area contributed by atoms with Gasteiger partial charge in [-0.15, -0.1) is 0 Å². The molecule has 36 heavy (non-hydrogen) atoms. The molecule has 0 aliphatic carbocycles. The number of carbonyl (C=O) groups excluding carboxylic acids is 1. The Morgan fingerprint density at radius 3 is 2.33 bits per heavy atom. The van der Waals surface area contributed by atoms with E-state index in [1.807, 2.05) is 66.9 Å². The molecular weight excluding hydrogens is 478 g/mol. The van der Waals surface area contributed by atoms with Crippen molar-refractivity contribution in [2.24, 2.45) is 0 Å². The molecule has 1 heterocycles. The number of carboxylic acid groups (broad SMARTS) is 1. The van der Waals surface area contributed by atoms with Gasteiger partial charge in [-0.3, -0.25) is 9.48 Å². The van der Waals surface area contributed by atoms with Crippen molar-refractivity contribution in [1.29, 1.82) is 0 Å². The quantitative estimate of drug-likeness (QED) is 0.326. The van der Waals surface area contributed by atoms with Gasteiger partial charge >= 0.3 is 5.97 Å². The summed E-state index contributed by atoms with van der Waals surface area (Å²) in [4.78, 5) is 26.1. The highest BCUT2D eigenvalue weighted by atomic mass is 35.5. The van der Waals surface area contributed by atoms with E-state index in [-0.39, 0.29) is 25.4 Å². The van der Waals surface area contributed by atoms with Gasteiger partial charge in [0.25, 0.3) is 5.91 Å². The van der Waals surface area contributed by atoms with Gasteiger partial charge in [0.15, 0.2) is 6.10 Å². The molecular formula is C28H26ClN3O4. The topological polar surface area (TPSA) is 95.7 Å². The third kappa shape index (κ3) is 6.38. The summed E-state index contributed by atoms with van der Waals surface area (Å²) >= 11 is 6.47. The number of benzene rings is 3. The van der Waals surface area contributed by atoms with Crippen LogP contribution in [0.15, 0.2) is 91.3 Å². The fourth-order valence-corrected chi connectivity index (χ4v) is 4.11. The summed E-state index contributed by atoms with van der Waals surface area (Å²) in [6.45, 7) is 0.800. The van der Waals surface area contributed by atoms with E-state index in [0.29, 0.717) is 17.1 Å². The summed E-state index contributed by atoms with van der Waals surface area (Å²) in [6.07, 6.45) is 1.87. The lowest BCUT2D eigenvalue weighted by atomic mass is 10.0. The van der Waals surface area contributed by atoms with Gasteiger partial charge in [0.05, 0.1) is 6.54 Å². The summed E-state index contributed by atoms with van der Waals surface area (Å²) in [5.41, 5.74) is 4.23. The zero-order valence-electron chi connectivity index (χ0n) is 19.5. The second-order valence-corrected chi connectivity index (χ2v) is 8.85. The van der Waals surface area contributed by atoms with Crippen LogP contribution in [0.25, 0.3) is 11.1 Å². The molecule has 0 fully saturated rings. The number of carbonyl (C=O) groups is 2. The van der Waals surface area contributed by atoms with E-state index < -0.39 is 12.1 Å². The van der Waals surface area contributed by atoms with Crippen LogP contribution < -0.4 is 0 Å². The summed E-state index contributed by atoms with van der Waals surface area (Å²) in [5.74, 6) is -1.62. The van der Waals surface area contributed by atoms with Crippen LogP contribution in [0.1, 0.15) is 27.9 Å². The number of hydrogen-bond acceptors (Lipinski definition) is 4. The zero-order chi connectivity index (χ0) is 25.5. The highest BCUT2D eigenvalue weighted by Gasteiger charge is 2.21. The second-order valence-electron chi connectivity index (χ2n) is 8.44. The summed E-state index contributed by atoms with van der Waals surface area (Å²) in [6, 6.07) is 24.7. The number of aliphatic carboxylic acids is 1. The van der Waals surface area contributed by atoms with Crippen molar-refractivity contribution in [1.82, 2.24) is 14.7 Å². The molecule has 4 aromatic rings. The fourth-order valence-electron chi connectivity index (χ4n) is 3.87. The third-order valence-electron chi connectivity index (χ3n) is 5.87. The molecule has 1 atom stereocenters. The highest BCUT2D eigenvalue weighted by molar-refractivity contribution is 6.31. The van der Waals surface area contributed by atoms with Crippen LogP contribution in [0.5, 0.6) is 0 Å². The molecule has 3 aromatic carbocycles. The number of hydrogen-bond donors (Lipinski definition) is 2. The van der Waals surface area contributed by atoms with E-state index in [2.05, 4.69) is 5.10 Å². The van der Waals surface area contributed by atoms with Gasteiger partial charge in [-0.2, -0.15) is 5.10 Å². The number of nitrogens with zero attached hydrogens (tertiary/aromatic N) is 3. The lowest BCUT2D eigenvalue weighted by Gasteiger charge is -2.24. The summed E-state index contributed by atoms with van der Waals surface area (Å²) in [7, 11) is 0. The third-order valence-corrected chi connectivity index (χ3v) is 6.22. The van der Waals surface area contributed by atoms with Crippen LogP contribution in [0, 0.1) is 0 Å². The SMILES string of the molecule is O=C(O)[C@H](O)CCN(Cc1ccc(-c2ccccc2)cc1)C(=O)c1ccc(Cn2cccn2)c(Cl)c1. The van der Waals surface area contributed by atoms with E-state index >= 15 is 0 Å². The van der Waals surface area contributed by atoms with E-state index in [9.17, 15) is 14.7 Å². The number of carboxylic acids is 1. The number of aliphatic hydroxyl groups is 1. The van der Waals surface area contributed by atoms with Crippen molar-refractivity contribution in [2.75, 3.05) is 6.54 Å². The highest BCUT2D eigenvalue weighted by Crippen LogP contribution is 2.23. The molecule has 2 N–H and O–H groups in total. The maximum Gasteiger partial charge on any atom is 0.332 e. The van der Waals surface area contributed by atoms with Crippen LogP contribution in [-0.2, 0) is 17.9 Å². The molecule has 8 heteroatoms. The molecule has 4 rings (SSSR count). The van der Waals surface area contributed by atoms with E-state index in [0.717, 1.165) is 22.3 Å². The molecule has 0 spiro atoms. The fraction of sp³-hybridized carbons (Fsp3) is 0.179. The lowest BCUT2D eigenvalue weighted by molar-refractivity contribution is -0.147. The first kappa shape index (κ1) is 25.2. The van der Waals surface area contributed by atoms with Gasteiger partial charge in [-0.05, 0) is 40.5 Å². The van der Waals surface area contributed by atoms with Crippen molar-refractivity contribution in [3.8, 4) is 11.1 Å². The molecule has 0 aliphatic rings. The summed E-state index contributed by atoms with van der Waals surface area (Å²) in [5, 5.41) is 23.5. The van der Waals surface area contributed by atoms with Crippen LogP contribution in [0.3, 0.4) is 0 Å². The molecule has 0 saturated carbocycles. The average molecular weight is 504 g/mol. The molecule has 1 amide bonds. The van der Waals surface area contributed by atoms with Crippen molar-refractivity contribution in [2.45, 2.75) is 25.6 Å². The molecule has 7 nitrogen and oxygen atoms in total. The number of amides is 1. The number of aromatic nitrogens is 2. The van der Waals surface area contributed by atoms with Gasteiger partial charge in [-0.1, -0.05) is 72.3 Å². The Balaban J connectivity index is 1.53. The minimum Gasteiger partial charge on any atom is -0.479 e. The van der Waals surface area contributed by atoms with Gasteiger partial charge < -0.3 is 15.1 Å². The maximum absolute atomic E-state index is 13.4. The van der Waals surface area contributed by atoms with E-state index in [4.69, 9.17) is 16.7 Å². The first-order chi connectivity index (χ1) is 17.4. The van der Waals surface area contributed by atoms with Crippen LogP contribution in [0.4, 0.5) is 0 Å². The Morgan fingerprint density at radius 2 is 1.69 bits per heavy atom. The van der Waals surface area contributed by atoms with Gasteiger partial charge in [-0.25, -0.2) is 4.79 Å². The monoisotopic (exact) mass is 503 g/mol. The first-order valence-electron chi connectivity index (χ1n) is 11.5. The average Bonchev–Trinajstić information content (AvgIpc) is 3.41. The molecule has 0 radical (unpaired) electrons. The molecule has 1 aromatic heterocycles. The van der Waals surface area contributed by atoms with Crippen LogP contribution in [-0.4, -0.2) is 49.4 Å². The van der Waals surface area contributed by atoms with Crippen molar-refractivity contribution >= 4 is 23.5 Å². The molecule has 184 valence electrons. The minimum absolute atomic E-state index is 0.0688. The smallest absolute Gasteiger partial charge is 0.332 e. The Labute approximate surface area is 214 Å². The number of aliphatic hydroxyl groups excluding tert-OH is 1. The summed E-state index contributed by atoms with van der Waals surface area (Å²) < 4.78 is 1.74. The molecule has 0 aliphatic heterocycles. The van der Waals surface area contributed by atoms with E-state index in [1.54, 1.807) is 29.1 Å². The van der Waals surface area contributed by atoms with Crippen molar-refractivity contribution in [3.63, 3.8) is 0 Å².